The number of non-ortho nitro benzene ring substituents is 1. The lowest BCUT2D eigenvalue weighted by atomic mass is 10.1. The topological polar surface area (TPSA) is 111 Å². The predicted octanol–water partition coefficient (Wildman–Crippen LogP) is 2.39. The van der Waals surface area contributed by atoms with Crippen molar-refractivity contribution in [3.8, 4) is 0 Å². The van der Waals surface area contributed by atoms with Gasteiger partial charge in [-0.25, -0.2) is 0 Å². The summed E-state index contributed by atoms with van der Waals surface area (Å²) in [4.78, 5) is 20.3. The molecule has 104 valence electrons. The molecule has 0 aliphatic heterocycles. The van der Waals surface area contributed by atoms with E-state index in [0.717, 1.165) is 11.6 Å². The SMILES string of the molecule is O=[N+]([O-])c1ccc(CNCc2ccoc2)c([N+](=O)[O-])c1. The van der Waals surface area contributed by atoms with E-state index in [9.17, 15) is 20.2 Å². The minimum atomic E-state index is -0.657. The van der Waals surface area contributed by atoms with Crippen LogP contribution in [0.2, 0.25) is 0 Å². The summed E-state index contributed by atoms with van der Waals surface area (Å²) in [6.45, 7) is 0.726. The van der Waals surface area contributed by atoms with E-state index in [2.05, 4.69) is 5.32 Å². The number of rotatable bonds is 6. The second kappa shape index (κ2) is 5.93. The third-order valence-corrected chi connectivity index (χ3v) is 2.70. The van der Waals surface area contributed by atoms with Crippen LogP contribution in [0.5, 0.6) is 0 Å². The van der Waals surface area contributed by atoms with Gasteiger partial charge < -0.3 is 9.73 Å². The Labute approximate surface area is 113 Å². The number of furan rings is 1. The largest absolute Gasteiger partial charge is 0.472 e. The van der Waals surface area contributed by atoms with E-state index in [0.29, 0.717) is 12.1 Å². The first-order valence-electron chi connectivity index (χ1n) is 5.71. The minimum absolute atomic E-state index is 0.236. The van der Waals surface area contributed by atoms with Crippen LogP contribution >= 0.6 is 0 Å². The average molecular weight is 277 g/mol. The van der Waals surface area contributed by atoms with E-state index in [1.165, 1.54) is 18.4 Å². The van der Waals surface area contributed by atoms with Crippen LogP contribution in [0.1, 0.15) is 11.1 Å². The van der Waals surface area contributed by atoms with Crippen molar-refractivity contribution >= 4 is 11.4 Å². The Balaban J connectivity index is 2.10. The fraction of sp³-hybridized carbons (Fsp3) is 0.167. The van der Waals surface area contributed by atoms with E-state index >= 15 is 0 Å². The van der Waals surface area contributed by atoms with Crippen molar-refractivity contribution in [3.05, 3.63) is 68.1 Å². The highest BCUT2D eigenvalue weighted by Gasteiger charge is 2.18. The number of hydrogen-bond acceptors (Lipinski definition) is 6. The smallest absolute Gasteiger partial charge is 0.280 e. The molecular weight excluding hydrogens is 266 g/mol. The van der Waals surface area contributed by atoms with Gasteiger partial charge in [-0.05, 0) is 12.1 Å². The zero-order valence-corrected chi connectivity index (χ0v) is 10.3. The molecule has 8 heteroatoms. The van der Waals surface area contributed by atoms with Crippen molar-refractivity contribution in [2.75, 3.05) is 0 Å². The molecule has 20 heavy (non-hydrogen) atoms. The fourth-order valence-electron chi connectivity index (χ4n) is 1.72. The molecule has 1 N–H and O–H groups in total. The summed E-state index contributed by atoms with van der Waals surface area (Å²) in [5, 5.41) is 24.6. The molecule has 0 saturated heterocycles. The van der Waals surface area contributed by atoms with Crippen LogP contribution in [-0.2, 0) is 13.1 Å². The van der Waals surface area contributed by atoms with E-state index in [1.54, 1.807) is 12.3 Å². The van der Waals surface area contributed by atoms with E-state index in [1.807, 2.05) is 0 Å². The third kappa shape index (κ3) is 3.18. The van der Waals surface area contributed by atoms with Gasteiger partial charge in [0.05, 0.1) is 28.4 Å². The number of benzene rings is 1. The van der Waals surface area contributed by atoms with Gasteiger partial charge in [0, 0.05) is 30.3 Å². The van der Waals surface area contributed by atoms with Crippen LogP contribution in [0, 0.1) is 20.2 Å². The van der Waals surface area contributed by atoms with Crippen LogP contribution in [0.4, 0.5) is 11.4 Å². The molecule has 0 aliphatic rings. The zero-order chi connectivity index (χ0) is 14.5. The molecule has 0 amide bonds. The van der Waals surface area contributed by atoms with Gasteiger partial charge in [-0.1, -0.05) is 0 Å². The van der Waals surface area contributed by atoms with E-state index in [4.69, 9.17) is 4.42 Å². The highest BCUT2D eigenvalue weighted by atomic mass is 16.6. The third-order valence-electron chi connectivity index (χ3n) is 2.70. The van der Waals surface area contributed by atoms with Crippen molar-refractivity contribution in [3.63, 3.8) is 0 Å². The summed E-state index contributed by atoms with van der Waals surface area (Å²) in [5.74, 6) is 0. The maximum Gasteiger partial charge on any atom is 0.280 e. The number of nitrogens with zero attached hydrogens (tertiary/aromatic N) is 2. The molecule has 2 rings (SSSR count). The van der Waals surface area contributed by atoms with Crippen LogP contribution in [-0.4, -0.2) is 9.85 Å². The summed E-state index contributed by atoms with van der Waals surface area (Å²) in [6.07, 6.45) is 3.10. The summed E-state index contributed by atoms with van der Waals surface area (Å²) in [7, 11) is 0. The molecule has 0 unspecified atom stereocenters. The van der Waals surface area contributed by atoms with Crippen LogP contribution < -0.4 is 5.32 Å². The maximum atomic E-state index is 10.9. The van der Waals surface area contributed by atoms with Gasteiger partial charge in [-0.3, -0.25) is 20.2 Å². The molecule has 0 atom stereocenters. The Kier molecular flexibility index (Phi) is 4.06. The lowest BCUT2D eigenvalue weighted by Gasteiger charge is -2.04. The van der Waals surface area contributed by atoms with Gasteiger partial charge >= 0.3 is 0 Å². The minimum Gasteiger partial charge on any atom is -0.472 e. The molecule has 1 aromatic carbocycles. The molecule has 0 aliphatic carbocycles. The average Bonchev–Trinajstić information content (AvgIpc) is 2.91. The maximum absolute atomic E-state index is 10.9. The molecule has 8 nitrogen and oxygen atoms in total. The molecule has 1 heterocycles. The predicted molar refractivity (Wildman–Crippen MR) is 69.0 cm³/mol. The number of nitrogens with one attached hydrogen (secondary N) is 1. The Morgan fingerprint density at radius 3 is 2.50 bits per heavy atom. The molecular formula is C12H11N3O5. The zero-order valence-electron chi connectivity index (χ0n) is 10.3. The molecule has 0 saturated carbocycles. The van der Waals surface area contributed by atoms with Gasteiger partial charge in [0.2, 0.25) is 0 Å². The number of nitro groups is 2. The van der Waals surface area contributed by atoms with Crippen LogP contribution in [0.3, 0.4) is 0 Å². The van der Waals surface area contributed by atoms with E-state index < -0.39 is 9.85 Å². The second-order valence-electron chi connectivity index (χ2n) is 4.06. The standard InChI is InChI=1S/C12H11N3O5/c16-14(17)11-2-1-10(12(5-11)15(18)19)7-13-6-9-3-4-20-8-9/h1-5,8,13H,6-7H2. The lowest BCUT2D eigenvalue weighted by Crippen LogP contribution is -2.13. The quantitative estimate of drug-likeness (QED) is 0.640. The molecule has 0 bridgehead atoms. The molecule has 0 radical (unpaired) electrons. The Hall–Kier alpha value is -2.74. The lowest BCUT2D eigenvalue weighted by molar-refractivity contribution is -0.394. The van der Waals surface area contributed by atoms with Gasteiger partial charge in [-0.15, -0.1) is 0 Å². The highest BCUT2D eigenvalue weighted by Crippen LogP contribution is 2.24. The van der Waals surface area contributed by atoms with E-state index in [-0.39, 0.29) is 17.9 Å². The second-order valence-corrected chi connectivity index (χ2v) is 4.06. The van der Waals surface area contributed by atoms with Crippen molar-refractivity contribution in [1.82, 2.24) is 5.32 Å². The highest BCUT2D eigenvalue weighted by molar-refractivity contribution is 5.49. The molecule has 1 aromatic heterocycles. The van der Waals surface area contributed by atoms with Crippen molar-refractivity contribution in [2.45, 2.75) is 13.1 Å². The Morgan fingerprint density at radius 2 is 1.90 bits per heavy atom. The fourth-order valence-corrected chi connectivity index (χ4v) is 1.72. The van der Waals surface area contributed by atoms with Gasteiger partial charge in [0.25, 0.3) is 11.4 Å². The van der Waals surface area contributed by atoms with Crippen molar-refractivity contribution < 1.29 is 14.3 Å². The number of nitro benzene ring substituents is 2. The first kappa shape index (κ1) is 13.7. The van der Waals surface area contributed by atoms with Crippen molar-refractivity contribution in [1.29, 1.82) is 0 Å². The number of hydrogen-bond donors (Lipinski definition) is 1. The molecule has 0 fully saturated rings. The first-order chi connectivity index (χ1) is 9.58. The molecule has 0 spiro atoms. The van der Waals surface area contributed by atoms with Crippen LogP contribution in [0.15, 0.2) is 41.2 Å². The molecule has 2 aromatic rings. The Bertz CT molecular complexity index is 624. The monoisotopic (exact) mass is 277 g/mol. The summed E-state index contributed by atoms with van der Waals surface area (Å²) >= 11 is 0. The van der Waals surface area contributed by atoms with Gasteiger partial charge in [0.15, 0.2) is 0 Å². The van der Waals surface area contributed by atoms with Crippen LogP contribution in [0.25, 0.3) is 0 Å². The van der Waals surface area contributed by atoms with Gasteiger partial charge in [-0.2, -0.15) is 0 Å². The first-order valence-corrected chi connectivity index (χ1v) is 5.71. The van der Waals surface area contributed by atoms with Crippen molar-refractivity contribution in [2.24, 2.45) is 0 Å². The Morgan fingerprint density at radius 1 is 1.10 bits per heavy atom. The summed E-state index contributed by atoms with van der Waals surface area (Å²) in [5.41, 5.74) is 0.743. The summed E-state index contributed by atoms with van der Waals surface area (Å²) < 4.78 is 4.90. The normalized spacial score (nSPS) is 10.4. The van der Waals surface area contributed by atoms with Gasteiger partial charge in [0.1, 0.15) is 0 Å². The summed E-state index contributed by atoms with van der Waals surface area (Å²) in [6, 6.07) is 5.38.